The van der Waals surface area contributed by atoms with Gasteiger partial charge in [0.2, 0.25) is 0 Å². The molecule has 0 radical (unpaired) electrons. The molecule has 3 aliphatic heterocycles. The Balaban J connectivity index is 1.35. The zero-order valence-electron chi connectivity index (χ0n) is 22.7. The zero-order chi connectivity index (χ0) is 27.4. The molecule has 0 amide bonds. The average Bonchev–Trinajstić information content (AvgIpc) is 3.54. The van der Waals surface area contributed by atoms with E-state index in [1.165, 1.54) is 0 Å². The van der Waals surface area contributed by atoms with Crippen LogP contribution < -0.4 is 9.64 Å². The van der Waals surface area contributed by atoms with Crippen LogP contribution in [0.15, 0.2) is 42.6 Å². The predicted octanol–water partition coefficient (Wildman–Crippen LogP) is 4.90. The van der Waals surface area contributed by atoms with Gasteiger partial charge in [-0.05, 0) is 74.0 Å². The number of aliphatic hydroxyl groups excluding tert-OH is 1. The molecule has 208 valence electrons. The molecule has 0 spiro atoms. The number of pyridine rings is 1. The second-order valence-electron chi connectivity index (χ2n) is 11.7. The van der Waals surface area contributed by atoms with E-state index in [9.17, 15) is 10.2 Å². The van der Waals surface area contributed by atoms with Gasteiger partial charge >= 0.3 is 6.01 Å². The van der Waals surface area contributed by atoms with E-state index in [4.69, 9.17) is 9.72 Å². The van der Waals surface area contributed by atoms with Crippen molar-refractivity contribution in [2.75, 3.05) is 37.7 Å². The number of rotatable bonds is 5. The fourth-order valence-electron chi connectivity index (χ4n) is 6.99. The third-order valence-corrected chi connectivity index (χ3v) is 9.19. The van der Waals surface area contributed by atoms with Crippen molar-refractivity contribution in [3.8, 4) is 23.0 Å². The molecule has 2 aromatic heterocycles. The molecule has 3 aliphatic rings. The first kappa shape index (κ1) is 25.4. The fourth-order valence-corrected chi connectivity index (χ4v) is 6.99. The maximum absolute atomic E-state index is 16.5. The number of aromatic nitrogens is 3. The van der Waals surface area contributed by atoms with Crippen LogP contribution in [-0.4, -0.2) is 74.5 Å². The number of hydrogen-bond donors (Lipinski definition) is 2. The topological polar surface area (TPSA) is 94.8 Å². The van der Waals surface area contributed by atoms with Crippen LogP contribution in [0, 0.1) is 11.7 Å². The summed E-state index contributed by atoms with van der Waals surface area (Å²) >= 11 is 0. The van der Waals surface area contributed by atoms with Crippen molar-refractivity contribution in [1.29, 1.82) is 0 Å². The number of fused-ring (bicyclic) bond motifs is 3. The van der Waals surface area contributed by atoms with E-state index >= 15 is 4.39 Å². The first-order valence-corrected chi connectivity index (χ1v) is 14.3. The van der Waals surface area contributed by atoms with Gasteiger partial charge in [-0.25, -0.2) is 4.39 Å². The van der Waals surface area contributed by atoms with Crippen LogP contribution >= 0.6 is 0 Å². The Morgan fingerprint density at radius 2 is 1.88 bits per heavy atom. The predicted molar refractivity (Wildman–Crippen MR) is 152 cm³/mol. The highest BCUT2D eigenvalue weighted by Gasteiger charge is 2.45. The van der Waals surface area contributed by atoms with E-state index in [0.717, 1.165) is 49.5 Å². The highest BCUT2D eigenvalue weighted by atomic mass is 19.1. The van der Waals surface area contributed by atoms with Gasteiger partial charge < -0.3 is 19.8 Å². The minimum absolute atomic E-state index is 0.00462. The van der Waals surface area contributed by atoms with E-state index in [1.807, 2.05) is 31.2 Å². The third-order valence-electron chi connectivity index (χ3n) is 9.19. The van der Waals surface area contributed by atoms with Crippen LogP contribution in [0.3, 0.4) is 0 Å². The van der Waals surface area contributed by atoms with Gasteiger partial charge in [0.1, 0.15) is 29.4 Å². The summed E-state index contributed by atoms with van der Waals surface area (Å²) in [5.74, 6) is 0.0847. The van der Waals surface area contributed by atoms with Crippen molar-refractivity contribution >= 4 is 27.5 Å². The van der Waals surface area contributed by atoms with E-state index < -0.39 is 5.82 Å². The number of aromatic hydroxyl groups is 1. The lowest BCUT2D eigenvalue weighted by atomic mass is 9.95. The second kappa shape index (κ2) is 9.82. The Morgan fingerprint density at radius 3 is 2.67 bits per heavy atom. The molecule has 3 saturated heterocycles. The second-order valence-corrected chi connectivity index (χ2v) is 11.7. The van der Waals surface area contributed by atoms with Crippen molar-refractivity contribution in [1.82, 2.24) is 19.9 Å². The van der Waals surface area contributed by atoms with E-state index in [2.05, 4.69) is 19.8 Å². The van der Waals surface area contributed by atoms with Gasteiger partial charge in [-0.1, -0.05) is 31.2 Å². The normalized spacial score (nSPS) is 22.7. The van der Waals surface area contributed by atoms with Gasteiger partial charge in [-0.2, -0.15) is 9.97 Å². The highest BCUT2D eigenvalue weighted by molar-refractivity contribution is 5.99. The lowest BCUT2D eigenvalue weighted by molar-refractivity contribution is 0.0965. The summed E-state index contributed by atoms with van der Waals surface area (Å²) in [6, 6.07) is 10.9. The summed E-state index contributed by atoms with van der Waals surface area (Å²) in [6.45, 7) is 5.84. The lowest BCUT2D eigenvalue weighted by Gasteiger charge is -2.36. The number of nitrogens with zero attached hydrogens (tertiary/aromatic N) is 5. The Labute approximate surface area is 232 Å². The van der Waals surface area contributed by atoms with Crippen LogP contribution in [0.2, 0.25) is 0 Å². The third kappa shape index (κ3) is 4.23. The van der Waals surface area contributed by atoms with Crippen molar-refractivity contribution in [3.05, 3.63) is 48.4 Å². The molecule has 2 unspecified atom stereocenters. The van der Waals surface area contributed by atoms with Crippen LogP contribution in [-0.2, 0) is 0 Å². The number of halogens is 1. The number of anilines is 1. The monoisotopic (exact) mass is 543 g/mol. The lowest BCUT2D eigenvalue weighted by Crippen LogP contribution is -2.44. The van der Waals surface area contributed by atoms with E-state index in [-0.39, 0.29) is 40.5 Å². The molecule has 7 rings (SSSR count). The van der Waals surface area contributed by atoms with Crippen LogP contribution in [0.4, 0.5) is 10.2 Å². The fraction of sp³-hybridized carbons (Fsp3) is 0.452. The van der Waals surface area contributed by atoms with E-state index in [0.29, 0.717) is 42.9 Å². The Bertz CT molecular complexity index is 1590. The molecule has 0 saturated carbocycles. The number of phenolic OH excluding ortho intramolecular Hbond substituents is 1. The molecule has 40 heavy (non-hydrogen) atoms. The summed E-state index contributed by atoms with van der Waals surface area (Å²) in [6.07, 6.45) is 6.32. The molecule has 2 atom stereocenters. The van der Waals surface area contributed by atoms with Gasteiger partial charge in [0, 0.05) is 24.8 Å². The summed E-state index contributed by atoms with van der Waals surface area (Å²) < 4.78 is 22.8. The molecule has 9 heteroatoms. The van der Waals surface area contributed by atoms with Gasteiger partial charge in [0.25, 0.3) is 0 Å². The summed E-state index contributed by atoms with van der Waals surface area (Å²) in [5.41, 5.74) is 0.765. The molecular weight excluding hydrogens is 509 g/mol. The largest absolute Gasteiger partial charge is 0.508 e. The average molecular weight is 544 g/mol. The molecule has 0 aliphatic carbocycles. The SMILES string of the molecule is CC1CN(c2nc(OCC34CCCN3CCC4)nc3c(F)c(-c4cc(O)cc5ccccc45)ncc23)CCC1O. The van der Waals surface area contributed by atoms with Crippen molar-refractivity contribution in [2.45, 2.75) is 50.7 Å². The van der Waals surface area contributed by atoms with E-state index in [1.54, 1.807) is 18.3 Å². The molecule has 4 aromatic rings. The Morgan fingerprint density at radius 1 is 1.07 bits per heavy atom. The van der Waals surface area contributed by atoms with Gasteiger partial charge in [0.15, 0.2) is 5.82 Å². The minimum Gasteiger partial charge on any atom is -0.508 e. The molecular formula is C31H34FN5O3. The summed E-state index contributed by atoms with van der Waals surface area (Å²) in [4.78, 5) is 18.6. The maximum atomic E-state index is 16.5. The smallest absolute Gasteiger partial charge is 0.319 e. The van der Waals surface area contributed by atoms with Gasteiger partial charge in [-0.3, -0.25) is 9.88 Å². The molecule has 8 nitrogen and oxygen atoms in total. The molecule has 5 heterocycles. The van der Waals surface area contributed by atoms with Crippen molar-refractivity contribution in [2.24, 2.45) is 5.92 Å². The number of phenols is 1. The van der Waals surface area contributed by atoms with Gasteiger partial charge in [-0.15, -0.1) is 0 Å². The number of hydrogen-bond acceptors (Lipinski definition) is 8. The Kier molecular flexibility index (Phi) is 6.24. The quantitative estimate of drug-likeness (QED) is 0.367. The first-order valence-electron chi connectivity index (χ1n) is 14.3. The highest BCUT2D eigenvalue weighted by Crippen LogP contribution is 2.40. The van der Waals surface area contributed by atoms with Crippen LogP contribution in [0.1, 0.15) is 39.0 Å². The molecule has 3 fully saturated rings. The number of aliphatic hydroxyl groups is 1. The molecule has 2 aromatic carbocycles. The zero-order valence-corrected chi connectivity index (χ0v) is 22.7. The van der Waals surface area contributed by atoms with Crippen LogP contribution in [0.25, 0.3) is 32.9 Å². The molecule has 2 N–H and O–H groups in total. The van der Waals surface area contributed by atoms with Crippen molar-refractivity contribution in [3.63, 3.8) is 0 Å². The minimum atomic E-state index is -0.576. The first-order chi connectivity index (χ1) is 19.4. The van der Waals surface area contributed by atoms with Crippen LogP contribution in [0.5, 0.6) is 11.8 Å². The molecule has 0 bridgehead atoms. The number of benzene rings is 2. The summed E-state index contributed by atoms with van der Waals surface area (Å²) in [7, 11) is 0. The van der Waals surface area contributed by atoms with Gasteiger partial charge in [0.05, 0.1) is 17.0 Å². The maximum Gasteiger partial charge on any atom is 0.319 e. The Hall–Kier alpha value is -3.56. The van der Waals surface area contributed by atoms with Crippen molar-refractivity contribution < 1.29 is 19.3 Å². The number of ether oxygens (including phenoxy) is 1. The summed E-state index contributed by atoms with van der Waals surface area (Å²) in [5, 5.41) is 22.8. The number of piperidine rings is 1. The standard InChI is InChI=1S/C31H34FN5O3/c1-19-17-36(13-8-25(19)39)29-24-16-33-27(23-15-21(38)14-20-6-2-3-7-22(20)23)26(32)28(24)34-30(35-29)40-18-31-9-4-11-37(31)12-5-10-31/h2-3,6-7,14-16,19,25,38-39H,4-5,8-13,17-18H2,1H3.